The zero-order chi connectivity index (χ0) is 6.97. The fraction of sp³-hybridized carbons (Fsp3) is 0.667. The molecule has 10 heavy (non-hydrogen) atoms. The predicted octanol–water partition coefficient (Wildman–Crippen LogP) is 1.93. The first-order valence-corrected chi connectivity index (χ1v) is 4.03. The summed E-state index contributed by atoms with van der Waals surface area (Å²) in [5, 5.41) is 0. The molecule has 0 aromatic rings. The van der Waals surface area contributed by atoms with Gasteiger partial charge in [0.15, 0.2) is 0 Å². The van der Waals surface area contributed by atoms with Crippen molar-refractivity contribution in [1.82, 2.24) is 0 Å². The quantitative estimate of drug-likeness (QED) is 0.465. The van der Waals surface area contributed by atoms with E-state index < -0.39 is 0 Å². The van der Waals surface area contributed by atoms with Crippen molar-refractivity contribution in [3.05, 3.63) is 12.2 Å². The van der Waals surface area contributed by atoms with Gasteiger partial charge in [0.1, 0.15) is 5.78 Å². The third kappa shape index (κ3) is 1.00. The van der Waals surface area contributed by atoms with Crippen LogP contribution >= 0.6 is 0 Å². The van der Waals surface area contributed by atoms with Gasteiger partial charge in [0.05, 0.1) is 0 Å². The largest absolute Gasteiger partial charge is 0.300 e. The summed E-state index contributed by atoms with van der Waals surface area (Å²) in [6.07, 6.45) is 8.52. The molecule has 0 radical (unpaired) electrons. The molecule has 0 aromatic carbocycles. The molecule has 1 nitrogen and oxygen atoms in total. The number of hydrogen-bond donors (Lipinski definition) is 0. The Balaban J connectivity index is 2.16. The van der Waals surface area contributed by atoms with Gasteiger partial charge in [-0.1, -0.05) is 12.2 Å². The summed E-state index contributed by atoms with van der Waals surface area (Å²) in [6.45, 7) is 0. The summed E-state index contributed by atoms with van der Waals surface area (Å²) >= 11 is 0. The smallest absolute Gasteiger partial charge is 0.133 e. The van der Waals surface area contributed by atoms with E-state index in [9.17, 15) is 4.79 Å². The molecule has 54 valence electrons. The van der Waals surface area contributed by atoms with Crippen LogP contribution in [0.4, 0.5) is 0 Å². The molecule has 2 atom stereocenters. The van der Waals surface area contributed by atoms with Crippen LogP contribution in [-0.4, -0.2) is 5.78 Å². The molecular weight excluding hydrogens is 124 g/mol. The number of allylic oxidation sites excluding steroid dienone is 2. The van der Waals surface area contributed by atoms with Gasteiger partial charge in [-0.05, 0) is 24.7 Å². The van der Waals surface area contributed by atoms with Crippen LogP contribution in [0.25, 0.3) is 0 Å². The number of carbonyl (C=O) groups excluding carboxylic acids is 1. The van der Waals surface area contributed by atoms with Crippen LogP contribution in [0, 0.1) is 11.8 Å². The second kappa shape index (κ2) is 2.22. The van der Waals surface area contributed by atoms with Gasteiger partial charge in [0, 0.05) is 12.8 Å². The van der Waals surface area contributed by atoms with Crippen molar-refractivity contribution in [2.24, 2.45) is 11.8 Å². The molecule has 0 N–H and O–H groups in total. The van der Waals surface area contributed by atoms with E-state index in [4.69, 9.17) is 0 Å². The molecule has 0 spiro atoms. The molecule has 1 saturated carbocycles. The summed E-state index contributed by atoms with van der Waals surface area (Å²) in [7, 11) is 0. The Kier molecular flexibility index (Phi) is 1.37. The predicted molar refractivity (Wildman–Crippen MR) is 39.6 cm³/mol. The standard InChI is InChI=1S/C9H12O/c10-9-5-7-2-1-3-8(4-7)6-9/h1-2,7-8H,3-6H2. The number of Topliss-reactive ketones (excluding diaryl/α,β-unsaturated/α-hetero) is 1. The second-order valence-electron chi connectivity index (χ2n) is 3.47. The van der Waals surface area contributed by atoms with Gasteiger partial charge in [-0.3, -0.25) is 4.79 Å². The lowest BCUT2D eigenvalue weighted by molar-refractivity contribution is -0.122. The van der Waals surface area contributed by atoms with Crippen LogP contribution in [0.1, 0.15) is 25.7 Å². The second-order valence-corrected chi connectivity index (χ2v) is 3.47. The molecular formula is C9H12O. The highest BCUT2D eigenvalue weighted by Crippen LogP contribution is 2.33. The Hall–Kier alpha value is -0.590. The molecule has 2 unspecified atom stereocenters. The fourth-order valence-corrected chi connectivity index (χ4v) is 2.08. The Morgan fingerprint density at radius 3 is 3.10 bits per heavy atom. The van der Waals surface area contributed by atoms with Gasteiger partial charge < -0.3 is 0 Å². The molecule has 2 bridgehead atoms. The zero-order valence-corrected chi connectivity index (χ0v) is 6.05. The maximum Gasteiger partial charge on any atom is 0.133 e. The lowest BCUT2D eigenvalue weighted by Crippen LogP contribution is -2.23. The number of carbonyl (C=O) groups is 1. The van der Waals surface area contributed by atoms with Crippen molar-refractivity contribution in [3.8, 4) is 0 Å². The normalized spacial score (nSPS) is 38.2. The first-order chi connectivity index (χ1) is 4.84. The maximum absolute atomic E-state index is 11.0. The SMILES string of the molecule is O=C1CC2C=CCC(C1)C2. The highest BCUT2D eigenvalue weighted by atomic mass is 16.1. The number of hydrogen-bond acceptors (Lipinski definition) is 1. The van der Waals surface area contributed by atoms with Crippen molar-refractivity contribution in [1.29, 1.82) is 0 Å². The Labute approximate surface area is 61.1 Å². The van der Waals surface area contributed by atoms with E-state index in [2.05, 4.69) is 12.2 Å². The van der Waals surface area contributed by atoms with Gasteiger partial charge in [0.2, 0.25) is 0 Å². The van der Waals surface area contributed by atoms with Gasteiger partial charge >= 0.3 is 0 Å². The van der Waals surface area contributed by atoms with E-state index in [0.717, 1.165) is 19.3 Å². The minimum Gasteiger partial charge on any atom is -0.300 e. The summed E-state index contributed by atoms with van der Waals surface area (Å²) in [5.41, 5.74) is 0. The lowest BCUT2D eigenvalue weighted by Gasteiger charge is -2.28. The lowest BCUT2D eigenvalue weighted by atomic mass is 9.76. The molecule has 0 heterocycles. The highest BCUT2D eigenvalue weighted by Gasteiger charge is 2.27. The zero-order valence-electron chi connectivity index (χ0n) is 6.05. The topological polar surface area (TPSA) is 17.1 Å². The number of fused-ring (bicyclic) bond motifs is 2. The third-order valence-electron chi connectivity index (χ3n) is 2.52. The third-order valence-corrected chi connectivity index (χ3v) is 2.52. The molecule has 0 amide bonds. The molecule has 1 fully saturated rings. The van der Waals surface area contributed by atoms with E-state index >= 15 is 0 Å². The van der Waals surface area contributed by atoms with Crippen molar-refractivity contribution in [2.45, 2.75) is 25.7 Å². The molecule has 0 aromatic heterocycles. The molecule has 1 heteroatoms. The van der Waals surface area contributed by atoms with E-state index in [1.165, 1.54) is 6.42 Å². The Bertz CT molecular complexity index is 181. The van der Waals surface area contributed by atoms with E-state index in [-0.39, 0.29) is 0 Å². The van der Waals surface area contributed by atoms with Gasteiger partial charge in [0.25, 0.3) is 0 Å². The van der Waals surface area contributed by atoms with Crippen LogP contribution in [-0.2, 0) is 4.79 Å². The molecule has 2 rings (SSSR count). The average molecular weight is 136 g/mol. The van der Waals surface area contributed by atoms with Crippen molar-refractivity contribution >= 4 is 5.78 Å². The highest BCUT2D eigenvalue weighted by molar-refractivity contribution is 5.80. The van der Waals surface area contributed by atoms with Crippen LogP contribution in [0.5, 0.6) is 0 Å². The fourth-order valence-electron chi connectivity index (χ4n) is 2.08. The average Bonchev–Trinajstić information content (AvgIpc) is 1.85. The van der Waals surface area contributed by atoms with Gasteiger partial charge in [-0.25, -0.2) is 0 Å². The molecule has 2 aliphatic rings. The van der Waals surface area contributed by atoms with E-state index in [1.54, 1.807) is 0 Å². The Morgan fingerprint density at radius 2 is 2.30 bits per heavy atom. The minimum absolute atomic E-state index is 0.477. The summed E-state index contributed by atoms with van der Waals surface area (Å²) in [4.78, 5) is 11.0. The summed E-state index contributed by atoms with van der Waals surface area (Å²) in [5.74, 6) is 1.77. The first kappa shape index (κ1) is 6.14. The Morgan fingerprint density at radius 1 is 1.40 bits per heavy atom. The summed E-state index contributed by atoms with van der Waals surface area (Å²) in [6, 6.07) is 0. The van der Waals surface area contributed by atoms with Gasteiger partial charge in [-0.2, -0.15) is 0 Å². The summed E-state index contributed by atoms with van der Waals surface area (Å²) < 4.78 is 0. The van der Waals surface area contributed by atoms with Crippen LogP contribution in [0.2, 0.25) is 0 Å². The maximum atomic E-state index is 11.0. The number of ketones is 1. The minimum atomic E-state index is 0.477. The van der Waals surface area contributed by atoms with E-state index in [1.807, 2.05) is 0 Å². The molecule has 0 aliphatic heterocycles. The van der Waals surface area contributed by atoms with Crippen molar-refractivity contribution in [3.63, 3.8) is 0 Å². The molecule has 0 saturated heterocycles. The molecule has 2 aliphatic carbocycles. The van der Waals surface area contributed by atoms with Crippen LogP contribution in [0.3, 0.4) is 0 Å². The monoisotopic (exact) mass is 136 g/mol. The van der Waals surface area contributed by atoms with E-state index in [0.29, 0.717) is 17.6 Å². The van der Waals surface area contributed by atoms with Crippen LogP contribution in [0.15, 0.2) is 12.2 Å². The first-order valence-electron chi connectivity index (χ1n) is 4.03. The van der Waals surface area contributed by atoms with Crippen molar-refractivity contribution in [2.75, 3.05) is 0 Å². The van der Waals surface area contributed by atoms with Gasteiger partial charge in [-0.15, -0.1) is 0 Å². The van der Waals surface area contributed by atoms with Crippen molar-refractivity contribution < 1.29 is 4.79 Å². The van der Waals surface area contributed by atoms with Crippen LogP contribution < -0.4 is 0 Å². The number of rotatable bonds is 0.